The van der Waals surface area contributed by atoms with Gasteiger partial charge in [0.25, 0.3) is 0 Å². The van der Waals surface area contributed by atoms with Crippen LogP contribution in [0.15, 0.2) is 0 Å². The van der Waals surface area contributed by atoms with E-state index in [9.17, 15) is 13.9 Å². The molecule has 82 valence electrons. The molecule has 0 atom stereocenters. The highest BCUT2D eigenvalue weighted by Gasteiger charge is 2.68. The van der Waals surface area contributed by atoms with Gasteiger partial charge in [0, 0.05) is 10.8 Å². The summed E-state index contributed by atoms with van der Waals surface area (Å²) in [5.41, 5.74) is -2.42. The van der Waals surface area contributed by atoms with Crippen molar-refractivity contribution >= 4 is 0 Å². The second-order valence-electron chi connectivity index (χ2n) is 5.09. The van der Waals surface area contributed by atoms with Crippen LogP contribution in [0, 0.1) is 10.8 Å². The predicted molar refractivity (Wildman–Crippen MR) is 47.3 cm³/mol. The molecule has 2 rings (SSSR count). The van der Waals surface area contributed by atoms with Crippen molar-refractivity contribution in [3.05, 3.63) is 0 Å². The standard InChI is InChI=1S/C10H16F2O2/c11-5-8(6-12)3-10(14,4-8)9(7-13)1-2-9/h13-14H,1-7H2. The van der Waals surface area contributed by atoms with Gasteiger partial charge in [-0.3, -0.25) is 8.78 Å². The first-order valence-corrected chi connectivity index (χ1v) is 5.01. The van der Waals surface area contributed by atoms with E-state index in [0.29, 0.717) is 0 Å². The van der Waals surface area contributed by atoms with Gasteiger partial charge in [0.2, 0.25) is 0 Å². The lowest BCUT2D eigenvalue weighted by molar-refractivity contribution is -0.193. The first-order valence-electron chi connectivity index (χ1n) is 5.01. The maximum Gasteiger partial charge on any atom is 0.0977 e. The maximum atomic E-state index is 12.5. The van der Waals surface area contributed by atoms with Gasteiger partial charge in [-0.2, -0.15) is 0 Å². The molecule has 2 saturated carbocycles. The van der Waals surface area contributed by atoms with Gasteiger partial charge in [0.05, 0.1) is 25.6 Å². The number of aliphatic hydroxyl groups excluding tert-OH is 1. The quantitative estimate of drug-likeness (QED) is 0.725. The average Bonchev–Trinajstić information content (AvgIpc) is 2.93. The fraction of sp³-hybridized carbons (Fsp3) is 1.00. The summed E-state index contributed by atoms with van der Waals surface area (Å²) < 4.78 is 25.1. The minimum Gasteiger partial charge on any atom is -0.396 e. The van der Waals surface area contributed by atoms with Gasteiger partial charge in [-0.05, 0) is 25.7 Å². The Balaban J connectivity index is 2.04. The minimum atomic E-state index is -1.01. The SMILES string of the molecule is OCC1(C2(O)CC(CF)(CF)C2)CC1. The van der Waals surface area contributed by atoms with Crippen molar-refractivity contribution < 1.29 is 19.0 Å². The summed E-state index contributed by atoms with van der Waals surface area (Å²) in [5, 5.41) is 19.2. The molecule has 2 nitrogen and oxygen atoms in total. The van der Waals surface area contributed by atoms with Crippen molar-refractivity contribution in [3.63, 3.8) is 0 Å². The lowest BCUT2D eigenvalue weighted by Gasteiger charge is -2.54. The van der Waals surface area contributed by atoms with E-state index < -0.39 is 29.8 Å². The lowest BCUT2D eigenvalue weighted by atomic mass is 9.55. The maximum absolute atomic E-state index is 12.5. The number of hydrogen-bond donors (Lipinski definition) is 2. The molecule has 0 spiro atoms. The molecule has 0 aromatic rings. The molecule has 2 aliphatic rings. The molecule has 0 bridgehead atoms. The molecule has 0 aromatic carbocycles. The molecular formula is C10H16F2O2. The van der Waals surface area contributed by atoms with Crippen LogP contribution in [0.5, 0.6) is 0 Å². The summed E-state index contributed by atoms with van der Waals surface area (Å²) >= 11 is 0. The number of aliphatic hydroxyl groups is 2. The summed E-state index contributed by atoms with van der Waals surface area (Å²) in [7, 11) is 0. The van der Waals surface area contributed by atoms with Crippen LogP contribution in [0.1, 0.15) is 25.7 Å². The Morgan fingerprint density at radius 3 is 1.86 bits per heavy atom. The van der Waals surface area contributed by atoms with E-state index in [1.54, 1.807) is 0 Å². The number of hydrogen-bond acceptors (Lipinski definition) is 2. The topological polar surface area (TPSA) is 40.5 Å². The van der Waals surface area contributed by atoms with Crippen LogP contribution in [0.4, 0.5) is 8.78 Å². The zero-order valence-corrected chi connectivity index (χ0v) is 8.10. The van der Waals surface area contributed by atoms with Gasteiger partial charge < -0.3 is 10.2 Å². The van der Waals surface area contributed by atoms with Gasteiger partial charge in [-0.1, -0.05) is 0 Å². The van der Waals surface area contributed by atoms with Gasteiger partial charge in [0.1, 0.15) is 0 Å². The van der Waals surface area contributed by atoms with Crippen LogP contribution >= 0.6 is 0 Å². The van der Waals surface area contributed by atoms with E-state index in [1.165, 1.54) is 0 Å². The molecule has 0 heterocycles. The Morgan fingerprint density at radius 2 is 1.57 bits per heavy atom. The highest BCUT2D eigenvalue weighted by Crippen LogP contribution is 2.66. The summed E-state index contributed by atoms with van der Waals surface area (Å²) in [6.45, 7) is -1.50. The normalized spacial score (nSPS) is 30.9. The van der Waals surface area contributed by atoms with E-state index in [2.05, 4.69) is 0 Å². The van der Waals surface area contributed by atoms with Crippen molar-refractivity contribution in [2.75, 3.05) is 20.0 Å². The molecule has 4 heteroatoms. The molecular weight excluding hydrogens is 190 g/mol. The Kier molecular flexibility index (Phi) is 2.13. The average molecular weight is 206 g/mol. The van der Waals surface area contributed by atoms with E-state index in [0.717, 1.165) is 12.8 Å². The second-order valence-corrected chi connectivity index (χ2v) is 5.09. The first kappa shape index (κ1) is 10.3. The third kappa shape index (κ3) is 1.13. The minimum absolute atomic E-state index is 0.0713. The van der Waals surface area contributed by atoms with E-state index >= 15 is 0 Å². The number of alkyl halides is 2. The zero-order chi connectivity index (χ0) is 10.4. The van der Waals surface area contributed by atoms with E-state index in [1.807, 2.05) is 0 Å². The molecule has 14 heavy (non-hydrogen) atoms. The molecule has 2 fully saturated rings. The third-order valence-corrected chi connectivity index (χ3v) is 4.05. The van der Waals surface area contributed by atoms with Crippen molar-refractivity contribution in [2.45, 2.75) is 31.3 Å². The molecule has 0 unspecified atom stereocenters. The summed E-state index contributed by atoms with van der Waals surface area (Å²) in [5.74, 6) is 0. The third-order valence-electron chi connectivity index (χ3n) is 4.05. The van der Waals surface area contributed by atoms with Gasteiger partial charge in [-0.15, -0.1) is 0 Å². The van der Waals surface area contributed by atoms with Crippen LogP contribution in [0.3, 0.4) is 0 Å². The highest BCUT2D eigenvalue weighted by atomic mass is 19.1. The van der Waals surface area contributed by atoms with Crippen LogP contribution in [-0.2, 0) is 0 Å². The Labute approximate surface area is 81.9 Å². The van der Waals surface area contributed by atoms with Crippen molar-refractivity contribution in [3.8, 4) is 0 Å². The van der Waals surface area contributed by atoms with Gasteiger partial charge in [-0.25, -0.2) is 0 Å². The van der Waals surface area contributed by atoms with Crippen molar-refractivity contribution in [2.24, 2.45) is 10.8 Å². The molecule has 0 aromatic heterocycles. The second kappa shape index (κ2) is 2.89. The molecule has 2 aliphatic carbocycles. The summed E-state index contributed by atoms with van der Waals surface area (Å²) in [6.07, 6.45) is 1.87. The first-order chi connectivity index (χ1) is 6.55. The fourth-order valence-corrected chi connectivity index (χ4v) is 2.71. The Bertz CT molecular complexity index is 226. The smallest absolute Gasteiger partial charge is 0.0977 e. The fourth-order valence-electron chi connectivity index (χ4n) is 2.71. The van der Waals surface area contributed by atoms with E-state index in [-0.39, 0.29) is 19.4 Å². The largest absolute Gasteiger partial charge is 0.396 e. The Hall–Kier alpha value is -0.220. The molecule has 0 saturated heterocycles. The van der Waals surface area contributed by atoms with Crippen LogP contribution in [0.25, 0.3) is 0 Å². The highest BCUT2D eigenvalue weighted by molar-refractivity contribution is 5.18. The monoisotopic (exact) mass is 206 g/mol. The van der Waals surface area contributed by atoms with E-state index in [4.69, 9.17) is 5.11 Å². The molecule has 0 amide bonds. The van der Waals surface area contributed by atoms with Gasteiger partial charge >= 0.3 is 0 Å². The predicted octanol–water partition coefficient (Wildman–Crippen LogP) is 1.21. The van der Waals surface area contributed by atoms with Gasteiger partial charge in [0.15, 0.2) is 0 Å². The van der Waals surface area contributed by atoms with Crippen LogP contribution in [-0.4, -0.2) is 35.8 Å². The van der Waals surface area contributed by atoms with Crippen LogP contribution in [0.2, 0.25) is 0 Å². The Morgan fingerprint density at radius 1 is 1.07 bits per heavy atom. The molecule has 2 N–H and O–H groups in total. The van der Waals surface area contributed by atoms with Crippen molar-refractivity contribution in [1.82, 2.24) is 0 Å². The molecule has 0 radical (unpaired) electrons. The lowest BCUT2D eigenvalue weighted by Crippen LogP contribution is -2.60. The van der Waals surface area contributed by atoms with Crippen molar-refractivity contribution in [1.29, 1.82) is 0 Å². The van der Waals surface area contributed by atoms with Crippen LogP contribution < -0.4 is 0 Å². The number of halogens is 2. The number of rotatable bonds is 4. The molecule has 0 aliphatic heterocycles. The zero-order valence-electron chi connectivity index (χ0n) is 8.10. The summed E-state index contributed by atoms with van der Waals surface area (Å²) in [4.78, 5) is 0. The summed E-state index contributed by atoms with van der Waals surface area (Å²) in [6, 6.07) is 0.